The zero-order chi connectivity index (χ0) is 36.7. The molecule has 56 heavy (non-hydrogen) atoms. The van der Waals surface area contributed by atoms with Gasteiger partial charge in [-0.05, 0) is 99.5 Å². The lowest BCUT2D eigenvalue weighted by Gasteiger charge is -2.26. The van der Waals surface area contributed by atoms with E-state index in [1.807, 2.05) is 11.3 Å². The minimum absolute atomic E-state index is 0.00583. The first-order valence-corrected chi connectivity index (χ1v) is 20.4. The fourth-order valence-electron chi connectivity index (χ4n) is 9.55. The average Bonchev–Trinajstić information content (AvgIpc) is 3.84. The van der Waals surface area contributed by atoms with E-state index in [2.05, 4.69) is 152 Å². The summed E-state index contributed by atoms with van der Waals surface area (Å²) >= 11 is 1.82. The number of thiophene rings is 1. The van der Waals surface area contributed by atoms with Crippen LogP contribution in [0, 0.1) is 0 Å². The van der Waals surface area contributed by atoms with Gasteiger partial charge < -0.3 is 4.74 Å². The number of rotatable bonds is 4. The van der Waals surface area contributed by atoms with Crippen molar-refractivity contribution in [3.05, 3.63) is 172 Å². The fraction of sp³-hybridized carbons (Fsp3) is 0.118. The van der Waals surface area contributed by atoms with Gasteiger partial charge in [-0.15, -0.1) is 11.3 Å². The molecule has 0 N–H and O–H groups in total. The van der Waals surface area contributed by atoms with Crippen LogP contribution in [0.1, 0.15) is 41.9 Å². The summed E-state index contributed by atoms with van der Waals surface area (Å²) in [6.45, 7) is 0. The molecule has 266 valence electrons. The number of nitrogens with zero attached hydrogens (tertiary/aromatic N) is 3. The summed E-state index contributed by atoms with van der Waals surface area (Å²) in [5.41, 5.74) is 9.64. The summed E-state index contributed by atoms with van der Waals surface area (Å²) in [6.07, 6.45) is 17.6. The molecule has 12 rings (SSSR count). The Kier molecular flexibility index (Phi) is 7.15. The Morgan fingerprint density at radius 3 is 2.45 bits per heavy atom. The van der Waals surface area contributed by atoms with Crippen LogP contribution in [-0.4, -0.2) is 21.1 Å². The SMILES string of the molecule is C1=CC2Oc3ccccc3C2C(C2=c3cccc(-c4nc(-c5ccc6c(c5)sc5ccccc56)nc(-c5cc6ccccc6c6c5C=CCC6)n4)c3=CCC2)=C1. The van der Waals surface area contributed by atoms with Crippen LogP contribution in [0.15, 0.2) is 145 Å². The molecule has 3 aliphatic carbocycles. The molecule has 0 amide bonds. The van der Waals surface area contributed by atoms with Gasteiger partial charge in [-0.2, -0.15) is 0 Å². The lowest BCUT2D eigenvalue weighted by atomic mass is 9.78. The highest BCUT2D eigenvalue weighted by molar-refractivity contribution is 7.25. The van der Waals surface area contributed by atoms with Crippen LogP contribution >= 0.6 is 11.3 Å². The first kappa shape index (κ1) is 31.9. The smallest absolute Gasteiger partial charge is 0.164 e. The van der Waals surface area contributed by atoms with Crippen LogP contribution in [-0.2, 0) is 6.42 Å². The van der Waals surface area contributed by atoms with Crippen LogP contribution in [0.25, 0.3) is 82.8 Å². The summed E-state index contributed by atoms with van der Waals surface area (Å²) < 4.78 is 8.97. The molecule has 0 spiro atoms. The third-order valence-corrected chi connectivity index (χ3v) is 13.2. The molecule has 2 unspecified atom stereocenters. The number of fused-ring (bicyclic) bond motifs is 10. The second-order valence-corrected chi connectivity index (χ2v) is 16.3. The summed E-state index contributed by atoms with van der Waals surface area (Å²) in [5.74, 6) is 3.25. The Hall–Kier alpha value is -6.43. The molecule has 4 aliphatic rings. The third-order valence-electron chi connectivity index (χ3n) is 12.1. The second kappa shape index (κ2) is 12.6. The lowest BCUT2D eigenvalue weighted by molar-refractivity contribution is 0.266. The van der Waals surface area contributed by atoms with Crippen molar-refractivity contribution in [2.24, 2.45) is 0 Å². The highest BCUT2D eigenvalue weighted by Gasteiger charge is 2.38. The minimum atomic E-state index is 0.00583. The standard InChI is InChI=1S/C51H35N3OS/c1-2-13-32-30(12-1)28-43(37-15-4-3-14-33(32)37)51-53-49(31-26-27-39-38-16-6-8-25-46(38)56-47(39)29-31)52-50(54-51)41-22-10-18-34-35(19-9-20-36(34)41)40-21-11-24-45-48(40)42-17-5-7-23-44(42)55-45/h1-2,4-8,10-13,15-18,20-29,45,48H,3,9,14,19H2. The Morgan fingerprint density at radius 1 is 0.661 bits per heavy atom. The molecule has 0 saturated heterocycles. The number of aromatic nitrogens is 3. The monoisotopic (exact) mass is 737 g/mol. The minimum Gasteiger partial charge on any atom is -0.485 e. The maximum absolute atomic E-state index is 6.45. The third kappa shape index (κ3) is 4.94. The predicted octanol–water partition coefficient (Wildman–Crippen LogP) is 11.1. The van der Waals surface area contributed by atoms with Gasteiger partial charge in [-0.3, -0.25) is 0 Å². The molecule has 0 saturated carbocycles. The van der Waals surface area contributed by atoms with Gasteiger partial charge in [-0.1, -0.05) is 121 Å². The van der Waals surface area contributed by atoms with Crippen LogP contribution in [0.3, 0.4) is 0 Å². The van der Waals surface area contributed by atoms with Gasteiger partial charge in [0.1, 0.15) is 11.9 Å². The molecule has 0 radical (unpaired) electrons. The molecule has 8 aromatic rings. The van der Waals surface area contributed by atoms with E-state index in [4.69, 9.17) is 19.7 Å². The van der Waals surface area contributed by atoms with Crippen molar-refractivity contribution < 1.29 is 4.74 Å². The van der Waals surface area contributed by atoms with E-state index in [0.29, 0.717) is 17.5 Å². The highest BCUT2D eigenvalue weighted by Crippen LogP contribution is 2.47. The highest BCUT2D eigenvalue weighted by atomic mass is 32.1. The molecular formula is C51H35N3OS. The molecule has 6 aromatic carbocycles. The van der Waals surface area contributed by atoms with Gasteiger partial charge in [-0.25, -0.2) is 15.0 Å². The summed E-state index contributed by atoms with van der Waals surface area (Å²) in [5, 5.41) is 7.50. The van der Waals surface area contributed by atoms with Crippen LogP contribution in [0.5, 0.6) is 5.75 Å². The molecule has 2 atom stereocenters. The zero-order valence-electron chi connectivity index (χ0n) is 30.6. The Balaban J connectivity index is 1.09. The molecular weight excluding hydrogens is 703 g/mol. The predicted molar refractivity (Wildman–Crippen MR) is 231 cm³/mol. The van der Waals surface area contributed by atoms with Crippen molar-refractivity contribution in [2.75, 3.05) is 0 Å². The van der Waals surface area contributed by atoms with Crippen molar-refractivity contribution in [1.29, 1.82) is 0 Å². The Labute approximate surface area is 328 Å². The first-order chi connectivity index (χ1) is 27.7. The van der Waals surface area contributed by atoms with Crippen LogP contribution in [0.4, 0.5) is 0 Å². The number of para-hydroxylation sites is 1. The fourth-order valence-corrected chi connectivity index (χ4v) is 10.7. The van der Waals surface area contributed by atoms with Crippen molar-refractivity contribution in [1.82, 2.24) is 15.0 Å². The Bertz CT molecular complexity index is 3200. The number of aryl methyl sites for hydroxylation is 1. The maximum atomic E-state index is 6.45. The molecule has 0 fully saturated rings. The molecule has 5 heteroatoms. The number of hydrogen-bond acceptors (Lipinski definition) is 5. The van der Waals surface area contributed by atoms with Crippen molar-refractivity contribution in [2.45, 2.75) is 37.7 Å². The van der Waals surface area contributed by atoms with Gasteiger partial charge in [0.05, 0.1) is 5.92 Å². The summed E-state index contributed by atoms with van der Waals surface area (Å²) in [6, 6.07) is 41.5. The maximum Gasteiger partial charge on any atom is 0.164 e. The lowest BCUT2D eigenvalue weighted by Crippen LogP contribution is -2.34. The van der Waals surface area contributed by atoms with Gasteiger partial charge >= 0.3 is 0 Å². The summed E-state index contributed by atoms with van der Waals surface area (Å²) in [7, 11) is 0. The molecule has 2 aromatic heterocycles. The van der Waals surface area contributed by atoms with E-state index in [1.54, 1.807) is 0 Å². The van der Waals surface area contributed by atoms with E-state index in [-0.39, 0.29) is 12.0 Å². The van der Waals surface area contributed by atoms with Crippen molar-refractivity contribution in [3.63, 3.8) is 0 Å². The normalized spacial score (nSPS) is 17.9. The van der Waals surface area contributed by atoms with Gasteiger partial charge in [0.15, 0.2) is 17.5 Å². The molecule has 0 bridgehead atoms. The average molecular weight is 738 g/mol. The van der Waals surface area contributed by atoms with E-state index in [0.717, 1.165) is 48.1 Å². The van der Waals surface area contributed by atoms with E-state index in [1.165, 1.54) is 69.2 Å². The zero-order valence-corrected chi connectivity index (χ0v) is 31.4. The van der Waals surface area contributed by atoms with Crippen LogP contribution < -0.4 is 15.2 Å². The largest absolute Gasteiger partial charge is 0.485 e. The summed E-state index contributed by atoms with van der Waals surface area (Å²) in [4.78, 5) is 16.1. The number of hydrogen-bond donors (Lipinski definition) is 0. The van der Waals surface area contributed by atoms with E-state index < -0.39 is 0 Å². The number of ether oxygens (including phenoxy) is 1. The van der Waals surface area contributed by atoms with Gasteiger partial charge in [0, 0.05) is 42.4 Å². The van der Waals surface area contributed by atoms with Crippen LogP contribution in [0.2, 0.25) is 0 Å². The first-order valence-electron chi connectivity index (χ1n) is 19.6. The second-order valence-electron chi connectivity index (χ2n) is 15.2. The van der Waals surface area contributed by atoms with Crippen molar-refractivity contribution >= 4 is 60.0 Å². The van der Waals surface area contributed by atoms with Crippen molar-refractivity contribution in [3.8, 4) is 39.9 Å². The quantitative estimate of drug-likeness (QED) is 0.180. The molecule has 3 heterocycles. The molecule has 4 nitrogen and oxygen atoms in total. The number of allylic oxidation sites excluding steroid dienone is 3. The topological polar surface area (TPSA) is 47.9 Å². The molecule has 1 aliphatic heterocycles. The Morgan fingerprint density at radius 2 is 1.48 bits per heavy atom. The van der Waals surface area contributed by atoms with Gasteiger partial charge in [0.2, 0.25) is 0 Å². The van der Waals surface area contributed by atoms with E-state index in [9.17, 15) is 0 Å². The van der Waals surface area contributed by atoms with Gasteiger partial charge in [0.25, 0.3) is 0 Å². The van der Waals surface area contributed by atoms with E-state index >= 15 is 0 Å². The number of benzene rings is 6.